The van der Waals surface area contributed by atoms with Crippen LogP contribution in [0.4, 0.5) is 14.5 Å². The van der Waals surface area contributed by atoms with Crippen molar-refractivity contribution in [3.8, 4) is 11.3 Å². The van der Waals surface area contributed by atoms with Crippen LogP contribution in [0.2, 0.25) is 0 Å². The van der Waals surface area contributed by atoms with Crippen molar-refractivity contribution in [1.82, 2.24) is 9.97 Å². The number of nitrogens with one attached hydrogen (secondary N) is 1. The standard InChI is InChI=1S/C20H17F2N3O3S/c1-11-8-18(29(2,27)28)23-10-17(11)25-7-6-15-12(20(25)26)9-16(24-15)19-13(21)4-3-5-14(19)22/h3-5,8-10,24H,6-7H2,1-2H3. The summed E-state index contributed by atoms with van der Waals surface area (Å²) in [6.45, 7) is 2.03. The highest BCUT2D eigenvalue weighted by atomic mass is 32.2. The molecule has 0 atom stereocenters. The van der Waals surface area contributed by atoms with Crippen LogP contribution in [0.5, 0.6) is 0 Å². The van der Waals surface area contributed by atoms with Gasteiger partial charge >= 0.3 is 0 Å². The molecule has 0 unspecified atom stereocenters. The maximum absolute atomic E-state index is 14.1. The molecule has 150 valence electrons. The van der Waals surface area contributed by atoms with Gasteiger partial charge in [-0.3, -0.25) is 4.79 Å². The van der Waals surface area contributed by atoms with Crippen molar-refractivity contribution in [1.29, 1.82) is 0 Å². The summed E-state index contributed by atoms with van der Waals surface area (Å²) in [7, 11) is -3.46. The summed E-state index contributed by atoms with van der Waals surface area (Å²) in [4.78, 5) is 21.4. The minimum absolute atomic E-state index is 0.0668. The second kappa shape index (κ2) is 6.77. The van der Waals surface area contributed by atoms with E-state index in [-0.39, 0.29) is 22.2 Å². The van der Waals surface area contributed by atoms with Crippen molar-refractivity contribution in [3.63, 3.8) is 0 Å². The van der Waals surface area contributed by atoms with Gasteiger partial charge in [0.05, 0.1) is 28.7 Å². The van der Waals surface area contributed by atoms with E-state index in [1.54, 1.807) is 6.92 Å². The van der Waals surface area contributed by atoms with E-state index >= 15 is 0 Å². The van der Waals surface area contributed by atoms with Gasteiger partial charge in [-0.2, -0.15) is 0 Å². The highest BCUT2D eigenvalue weighted by Gasteiger charge is 2.30. The van der Waals surface area contributed by atoms with Gasteiger partial charge in [0.2, 0.25) is 0 Å². The van der Waals surface area contributed by atoms with E-state index in [2.05, 4.69) is 9.97 Å². The Morgan fingerprint density at radius 1 is 1.17 bits per heavy atom. The molecule has 0 fully saturated rings. The van der Waals surface area contributed by atoms with E-state index in [0.717, 1.165) is 18.4 Å². The summed E-state index contributed by atoms with van der Waals surface area (Å²) in [5, 5.41) is -0.0668. The Kier molecular flexibility index (Phi) is 4.49. The summed E-state index contributed by atoms with van der Waals surface area (Å²) in [6, 6.07) is 6.46. The number of amides is 1. The molecule has 0 spiro atoms. The van der Waals surface area contributed by atoms with E-state index in [0.29, 0.717) is 35.5 Å². The number of H-pyrrole nitrogens is 1. The number of carbonyl (C=O) groups is 1. The summed E-state index contributed by atoms with van der Waals surface area (Å²) < 4.78 is 51.6. The van der Waals surface area contributed by atoms with Crippen molar-refractivity contribution in [2.45, 2.75) is 18.4 Å². The van der Waals surface area contributed by atoms with Gasteiger partial charge in [0, 0.05) is 24.9 Å². The number of aromatic nitrogens is 2. The third-order valence-corrected chi connectivity index (χ3v) is 5.90. The van der Waals surface area contributed by atoms with Crippen molar-refractivity contribution >= 4 is 21.4 Å². The molecule has 2 aromatic heterocycles. The van der Waals surface area contributed by atoms with Crippen molar-refractivity contribution in [2.24, 2.45) is 0 Å². The van der Waals surface area contributed by atoms with Gasteiger partial charge in [-0.1, -0.05) is 6.07 Å². The second-order valence-corrected chi connectivity index (χ2v) is 8.92. The Labute approximate surface area is 166 Å². The van der Waals surface area contributed by atoms with Gasteiger partial charge in [-0.05, 0) is 36.8 Å². The molecule has 1 aliphatic rings. The second-order valence-electron chi connectivity index (χ2n) is 6.96. The lowest BCUT2D eigenvalue weighted by atomic mass is 10.0. The molecule has 1 N–H and O–H groups in total. The number of pyridine rings is 1. The number of benzene rings is 1. The molecule has 4 rings (SSSR count). The Balaban J connectivity index is 1.72. The number of anilines is 1. The number of fused-ring (bicyclic) bond motifs is 1. The maximum Gasteiger partial charge on any atom is 0.260 e. The van der Waals surface area contributed by atoms with Crippen LogP contribution in [-0.2, 0) is 16.3 Å². The number of nitrogens with zero attached hydrogens (tertiary/aromatic N) is 2. The molecule has 3 heterocycles. The number of hydrogen-bond acceptors (Lipinski definition) is 4. The van der Waals surface area contributed by atoms with E-state index in [1.807, 2.05) is 0 Å². The molecule has 3 aromatic rings. The minimum Gasteiger partial charge on any atom is -0.358 e. The van der Waals surface area contributed by atoms with Gasteiger partial charge in [0.1, 0.15) is 11.6 Å². The first kappa shape index (κ1) is 19.3. The SMILES string of the molecule is Cc1cc(S(C)(=O)=O)ncc1N1CCc2[nH]c(-c3c(F)cccc3F)cc2C1=O. The van der Waals surface area contributed by atoms with Crippen LogP contribution in [0.3, 0.4) is 0 Å². The number of aryl methyl sites for hydroxylation is 1. The molecule has 0 bridgehead atoms. The third-order valence-electron chi connectivity index (χ3n) is 4.92. The van der Waals surface area contributed by atoms with E-state index < -0.39 is 21.5 Å². The Bertz CT molecular complexity index is 1230. The summed E-state index contributed by atoms with van der Waals surface area (Å²) >= 11 is 0. The number of rotatable bonds is 3. The number of sulfone groups is 1. The van der Waals surface area contributed by atoms with Crippen molar-refractivity contribution in [2.75, 3.05) is 17.7 Å². The van der Waals surface area contributed by atoms with Crippen molar-refractivity contribution in [3.05, 3.63) is 65.0 Å². The zero-order chi connectivity index (χ0) is 20.9. The maximum atomic E-state index is 14.1. The first-order chi connectivity index (χ1) is 13.7. The predicted octanol–water partition coefficient (Wildman–Crippen LogP) is 3.27. The zero-order valence-electron chi connectivity index (χ0n) is 15.7. The lowest BCUT2D eigenvalue weighted by Crippen LogP contribution is -2.37. The molecule has 9 heteroatoms. The Morgan fingerprint density at radius 3 is 2.48 bits per heavy atom. The quantitative estimate of drug-likeness (QED) is 0.709. The molecule has 1 amide bonds. The molecule has 29 heavy (non-hydrogen) atoms. The number of hydrogen-bond donors (Lipinski definition) is 1. The van der Waals surface area contributed by atoms with Crippen LogP contribution in [0, 0.1) is 18.6 Å². The zero-order valence-corrected chi connectivity index (χ0v) is 16.5. The fourth-order valence-electron chi connectivity index (χ4n) is 3.48. The first-order valence-electron chi connectivity index (χ1n) is 8.81. The largest absolute Gasteiger partial charge is 0.358 e. The molecular weight excluding hydrogens is 400 g/mol. The van der Waals surface area contributed by atoms with E-state index in [4.69, 9.17) is 0 Å². The summed E-state index contributed by atoms with van der Waals surface area (Å²) in [5.41, 5.74) is 1.99. The molecule has 0 radical (unpaired) electrons. The molecule has 6 nitrogen and oxygen atoms in total. The number of halogens is 2. The summed E-state index contributed by atoms with van der Waals surface area (Å²) in [5.74, 6) is -1.78. The molecule has 0 saturated heterocycles. The highest BCUT2D eigenvalue weighted by molar-refractivity contribution is 7.90. The van der Waals surface area contributed by atoms with Crippen LogP contribution in [-0.4, -0.2) is 37.1 Å². The fraction of sp³-hybridized carbons (Fsp3) is 0.200. The minimum atomic E-state index is -3.46. The van der Waals surface area contributed by atoms with E-state index in [1.165, 1.54) is 29.3 Å². The van der Waals surface area contributed by atoms with E-state index in [9.17, 15) is 22.0 Å². The van der Waals surface area contributed by atoms with Crippen LogP contribution >= 0.6 is 0 Å². The molecular formula is C20H17F2N3O3S. The normalized spacial score (nSPS) is 14.2. The van der Waals surface area contributed by atoms with Gasteiger partial charge in [-0.25, -0.2) is 22.2 Å². The fourth-order valence-corrected chi connectivity index (χ4v) is 4.12. The van der Waals surface area contributed by atoms with Crippen LogP contribution in [0.25, 0.3) is 11.3 Å². The molecule has 0 aliphatic carbocycles. The average molecular weight is 417 g/mol. The lowest BCUT2D eigenvalue weighted by molar-refractivity contribution is 0.0980. The smallest absolute Gasteiger partial charge is 0.260 e. The Morgan fingerprint density at radius 2 is 1.86 bits per heavy atom. The molecule has 0 saturated carbocycles. The van der Waals surface area contributed by atoms with Gasteiger partial charge in [0.25, 0.3) is 5.91 Å². The topological polar surface area (TPSA) is 83.1 Å². The van der Waals surface area contributed by atoms with Crippen LogP contribution in [0.15, 0.2) is 41.6 Å². The lowest BCUT2D eigenvalue weighted by Gasteiger charge is -2.28. The third kappa shape index (κ3) is 3.31. The average Bonchev–Trinajstić information content (AvgIpc) is 3.06. The Hall–Kier alpha value is -3.07. The highest BCUT2D eigenvalue weighted by Crippen LogP contribution is 2.32. The van der Waals surface area contributed by atoms with Gasteiger partial charge in [0.15, 0.2) is 14.9 Å². The molecule has 1 aromatic carbocycles. The predicted molar refractivity (Wildman–Crippen MR) is 104 cm³/mol. The van der Waals surface area contributed by atoms with Crippen LogP contribution < -0.4 is 4.90 Å². The van der Waals surface area contributed by atoms with Crippen molar-refractivity contribution < 1.29 is 22.0 Å². The molecule has 1 aliphatic heterocycles. The van der Waals surface area contributed by atoms with Crippen LogP contribution in [0.1, 0.15) is 21.6 Å². The van der Waals surface area contributed by atoms with Gasteiger partial charge in [-0.15, -0.1) is 0 Å². The monoisotopic (exact) mass is 417 g/mol. The first-order valence-corrected chi connectivity index (χ1v) is 10.7. The number of aromatic amines is 1. The summed E-state index contributed by atoms with van der Waals surface area (Å²) in [6.07, 6.45) is 2.87. The van der Waals surface area contributed by atoms with Gasteiger partial charge < -0.3 is 9.88 Å². The number of carbonyl (C=O) groups excluding carboxylic acids is 1.